The highest BCUT2D eigenvalue weighted by Gasteiger charge is 2.38. The van der Waals surface area contributed by atoms with Gasteiger partial charge >= 0.3 is 0 Å². The summed E-state index contributed by atoms with van der Waals surface area (Å²) in [5, 5.41) is 12.2. The van der Waals surface area contributed by atoms with Crippen LogP contribution in [0.25, 0.3) is 17.0 Å². The number of methoxy groups -OCH3 is 1. The van der Waals surface area contributed by atoms with E-state index in [9.17, 15) is 5.11 Å². The molecule has 126 valence electrons. The molecule has 5 rings (SSSR count). The van der Waals surface area contributed by atoms with Crippen molar-refractivity contribution in [1.82, 2.24) is 9.88 Å². The van der Waals surface area contributed by atoms with Gasteiger partial charge in [-0.3, -0.25) is 9.88 Å². The molecule has 4 heteroatoms. The van der Waals surface area contributed by atoms with Crippen molar-refractivity contribution in [2.45, 2.75) is 31.4 Å². The number of piperidine rings is 3. The molecular formula is C20H24N2O2. The first-order chi connectivity index (χ1) is 11.7. The average Bonchev–Trinajstić information content (AvgIpc) is 2.66. The minimum absolute atomic E-state index is 0.201. The zero-order valence-corrected chi connectivity index (χ0v) is 14.1. The van der Waals surface area contributed by atoms with Crippen molar-refractivity contribution in [3.63, 3.8) is 0 Å². The second-order valence-electron chi connectivity index (χ2n) is 6.91. The number of aliphatic hydroxyl groups excluding tert-OH is 1. The second kappa shape index (κ2) is 6.19. The summed E-state index contributed by atoms with van der Waals surface area (Å²) in [6, 6.07) is 6.01. The van der Waals surface area contributed by atoms with E-state index in [0.29, 0.717) is 0 Å². The highest BCUT2D eigenvalue weighted by atomic mass is 16.5. The van der Waals surface area contributed by atoms with Crippen molar-refractivity contribution in [1.29, 1.82) is 0 Å². The van der Waals surface area contributed by atoms with Crippen LogP contribution in [0.5, 0.6) is 5.75 Å². The number of pyridine rings is 1. The molecule has 0 saturated carbocycles. The Morgan fingerprint density at radius 2 is 2.12 bits per heavy atom. The van der Waals surface area contributed by atoms with Crippen molar-refractivity contribution in [2.24, 2.45) is 5.92 Å². The van der Waals surface area contributed by atoms with Gasteiger partial charge in [0.2, 0.25) is 0 Å². The lowest BCUT2D eigenvalue weighted by Gasteiger charge is -2.47. The van der Waals surface area contributed by atoms with Crippen molar-refractivity contribution in [3.8, 4) is 5.75 Å². The quantitative estimate of drug-likeness (QED) is 0.936. The Labute approximate surface area is 142 Å². The number of aromatic nitrogens is 1. The number of aliphatic hydroxyl groups is 1. The first-order valence-electron chi connectivity index (χ1n) is 8.73. The fourth-order valence-electron chi connectivity index (χ4n) is 4.45. The number of fused-ring (bicyclic) bond motifs is 4. The molecule has 4 nitrogen and oxygen atoms in total. The fraction of sp³-hybridized carbons (Fsp3) is 0.450. The van der Waals surface area contributed by atoms with Gasteiger partial charge in [-0.2, -0.15) is 0 Å². The molecule has 1 N–H and O–H groups in total. The van der Waals surface area contributed by atoms with Crippen LogP contribution in [0, 0.1) is 5.92 Å². The minimum atomic E-state index is -0.510. The first kappa shape index (κ1) is 15.6. The largest absolute Gasteiger partial charge is 0.496 e. The normalized spacial score (nSPS) is 27.2. The van der Waals surface area contributed by atoms with Gasteiger partial charge in [0.25, 0.3) is 0 Å². The monoisotopic (exact) mass is 324 g/mol. The second-order valence-corrected chi connectivity index (χ2v) is 6.91. The fourth-order valence-corrected chi connectivity index (χ4v) is 4.45. The number of rotatable bonds is 4. The zero-order chi connectivity index (χ0) is 16.7. The van der Waals surface area contributed by atoms with E-state index in [4.69, 9.17) is 4.74 Å². The molecule has 0 aliphatic carbocycles. The highest BCUT2D eigenvalue weighted by Crippen LogP contribution is 2.40. The number of hydrogen-bond acceptors (Lipinski definition) is 4. The maximum absolute atomic E-state index is 11.2. The lowest BCUT2D eigenvalue weighted by molar-refractivity contribution is -0.0263. The van der Waals surface area contributed by atoms with Gasteiger partial charge in [0.05, 0.1) is 18.7 Å². The van der Waals surface area contributed by atoms with Gasteiger partial charge in [0, 0.05) is 23.2 Å². The summed E-state index contributed by atoms with van der Waals surface area (Å²) in [7, 11) is 1.66. The van der Waals surface area contributed by atoms with Crippen LogP contribution >= 0.6 is 0 Å². The van der Waals surface area contributed by atoms with Crippen molar-refractivity contribution in [2.75, 3.05) is 20.2 Å². The van der Waals surface area contributed by atoms with Crippen molar-refractivity contribution in [3.05, 3.63) is 42.1 Å². The van der Waals surface area contributed by atoms with E-state index in [1.165, 1.54) is 12.8 Å². The first-order valence-corrected chi connectivity index (χ1v) is 8.73. The van der Waals surface area contributed by atoms with E-state index in [1.54, 1.807) is 19.4 Å². The van der Waals surface area contributed by atoms with Crippen LogP contribution in [-0.4, -0.2) is 41.2 Å². The predicted molar refractivity (Wildman–Crippen MR) is 96.0 cm³/mol. The lowest BCUT2D eigenvalue weighted by Crippen LogP contribution is -2.51. The molecule has 2 atom stereocenters. The standard InChI is InChI=1S/C20H24N2O2/c1-3-14-18(24-2)5-4-16-19(14)15(6-9-21-16)20(23)17-12-13-7-10-22(17)11-8-13/h3-6,9,13,17,20,23H,1,7-8,10-12H2,2H3. The van der Waals surface area contributed by atoms with E-state index in [1.807, 2.05) is 18.2 Å². The Kier molecular flexibility index (Phi) is 4.02. The van der Waals surface area contributed by atoms with Crippen LogP contribution in [0.1, 0.15) is 36.5 Å². The molecule has 1 aromatic carbocycles. The Bertz CT molecular complexity index is 766. The molecule has 2 aromatic rings. The van der Waals surface area contributed by atoms with Gasteiger partial charge in [0.1, 0.15) is 5.75 Å². The third kappa shape index (κ3) is 2.41. The summed E-state index contributed by atoms with van der Waals surface area (Å²) >= 11 is 0. The summed E-state index contributed by atoms with van der Waals surface area (Å²) in [6.45, 7) is 6.15. The molecule has 3 saturated heterocycles. The van der Waals surface area contributed by atoms with Crippen LogP contribution in [0.2, 0.25) is 0 Å². The Balaban J connectivity index is 1.82. The summed E-state index contributed by atoms with van der Waals surface area (Å²) in [6.07, 6.45) is 6.70. The molecule has 2 bridgehead atoms. The molecule has 3 aliphatic heterocycles. The number of ether oxygens (including phenoxy) is 1. The van der Waals surface area contributed by atoms with Crippen LogP contribution in [0.3, 0.4) is 0 Å². The third-order valence-corrected chi connectivity index (χ3v) is 5.74. The maximum Gasteiger partial charge on any atom is 0.126 e. The Morgan fingerprint density at radius 3 is 2.75 bits per heavy atom. The molecule has 0 amide bonds. The summed E-state index contributed by atoms with van der Waals surface area (Å²) in [4.78, 5) is 6.92. The summed E-state index contributed by atoms with van der Waals surface area (Å²) in [5.74, 6) is 1.53. The van der Waals surface area contributed by atoms with Gasteiger partial charge in [0.15, 0.2) is 0 Å². The molecular weight excluding hydrogens is 300 g/mol. The van der Waals surface area contributed by atoms with E-state index < -0.39 is 6.10 Å². The smallest absolute Gasteiger partial charge is 0.126 e. The molecule has 1 aromatic heterocycles. The van der Waals surface area contributed by atoms with E-state index in [-0.39, 0.29) is 6.04 Å². The Hall–Kier alpha value is -1.91. The number of hydrogen-bond donors (Lipinski definition) is 1. The van der Waals surface area contributed by atoms with E-state index >= 15 is 0 Å². The van der Waals surface area contributed by atoms with Crippen LogP contribution in [0.15, 0.2) is 31.0 Å². The van der Waals surface area contributed by atoms with Gasteiger partial charge in [-0.25, -0.2) is 0 Å². The van der Waals surface area contributed by atoms with Gasteiger partial charge in [-0.15, -0.1) is 0 Å². The summed E-state index contributed by atoms with van der Waals surface area (Å²) in [5.41, 5.74) is 2.72. The Morgan fingerprint density at radius 1 is 1.33 bits per heavy atom. The maximum atomic E-state index is 11.2. The SMILES string of the molecule is C=Cc1c(OC)ccc2nccc(C(O)C3CC4CCN3CC4)c12. The minimum Gasteiger partial charge on any atom is -0.496 e. The number of nitrogens with zero attached hydrogens (tertiary/aromatic N) is 2. The van der Waals surface area contributed by atoms with Gasteiger partial charge in [-0.1, -0.05) is 12.7 Å². The molecule has 3 aliphatic rings. The molecule has 3 fully saturated rings. The van der Waals surface area contributed by atoms with Crippen molar-refractivity contribution < 1.29 is 9.84 Å². The average molecular weight is 324 g/mol. The van der Waals surface area contributed by atoms with E-state index in [0.717, 1.165) is 53.2 Å². The van der Waals surface area contributed by atoms with Crippen LogP contribution in [-0.2, 0) is 0 Å². The van der Waals surface area contributed by atoms with Gasteiger partial charge < -0.3 is 9.84 Å². The highest BCUT2D eigenvalue weighted by molar-refractivity contribution is 5.93. The van der Waals surface area contributed by atoms with E-state index in [2.05, 4.69) is 16.5 Å². The predicted octanol–water partition coefficient (Wildman–Crippen LogP) is 3.40. The van der Waals surface area contributed by atoms with Gasteiger partial charge in [-0.05, 0) is 62.0 Å². The molecule has 2 unspecified atom stereocenters. The topological polar surface area (TPSA) is 45.6 Å². The third-order valence-electron chi connectivity index (χ3n) is 5.74. The van der Waals surface area contributed by atoms with Crippen LogP contribution in [0.4, 0.5) is 0 Å². The number of benzene rings is 1. The zero-order valence-electron chi connectivity index (χ0n) is 14.1. The van der Waals surface area contributed by atoms with Crippen molar-refractivity contribution >= 4 is 17.0 Å². The lowest BCUT2D eigenvalue weighted by atomic mass is 9.79. The molecule has 0 spiro atoms. The molecule has 4 heterocycles. The molecule has 24 heavy (non-hydrogen) atoms. The van der Waals surface area contributed by atoms with Crippen LogP contribution < -0.4 is 4.74 Å². The molecule has 0 radical (unpaired) electrons. The summed E-state index contributed by atoms with van der Waals surface area (Å²) < 4.78 is 5.48.